The van der Waals surface area contributed by atoms with Gasteiger partial charge < -0.3 is 10.5 Å². The van der Waals surface area contributed by atoms with E-state index in [-0.39, 0.29) is 0 Å². The van der Waals surface area contributed by atoms with Crippen LogP contribution in [0.25, 0.3) is 0 Å². The second-order valence-electron chi connectivity index (χ2n) is 4.59. The zero-order valence-corrected chi connectivity index (χ0v) is 9.09. The summed E-state index contributed by atoms with van der Waals surface area (Å²) in [6.45, 7) is 1.93. The van der Waals surface area contributed by atoms with E-state index in [2.05, 4.69) is 17.9 Å². The highest BCUT2D eigenvalue weighted by atomic mass is 16.5. The summed E-state index contributed by atoms with van der Waals surface area (Å²) in [5.41, 5.74) is 8.67. The van der Waals surface area contributed by atoms with E-state index in [0.29, 0.717) is 0 Å². The van der Waals surface area contributed by atoms with Gasteiger partial charge in [-0.1, -0.05) is 6.07 Å². The van der Waals surface area contributed by atoms with Crippen molar-refractivity contribution in [3.05, 3.63) is 28.8 Å². The van der Waals surface area contributed by atoms with Gasteiger partial charge in [0.1, 0.15) is 5.75 Å². The summed E-state index contributed by atoms with van der Waals surface area (Å²) in [4.78, 5) is 0. The Bertz CT molecular complexity index is 384. The highest BCUT2D eigenvalue weighted by Crippen LogP contribution is 2.42. The molecule has 1 atom stereocenters. The molecular formula is C13H18NO+. The Morgan fingerprint density at radius 3 is 3.13 bits per heavy atom. The number of hydrogen-bond donors (Lipinski definition) is 1. The number of fused-ring (bicyclic) bond motifs is 3. The van der Waals surface area contributed by atoms with Crippen molar-refractivity contribution < 1.29 is 10.5 Å². The van der Waals surface area contributed by atoms with Crippen molar-refractivity contribution in [2.45, 2.75) is 31.6 Å². The number of hydrogen-bond acceptors (Lipinski definition) is 1. The first-order valence-corrected chi connectivity index (χ1v) is 5.97. The molecule has 0 saturated heterocycles. The van der Waals surface area contributed by atoms with Crippen LogP contribution in [-0.4, -0.2) is 13.2 Å². The van der Waals surface area contributed by atoms with Crippen molar-refractivity contribution in [2.75, 3.05) is 13.2 Å². The zero-order chi connectivity index (χ0) is 10.3. The van der Waals surface area contributed by atoms with E-state index in [0.717, 1.165) is 31.2 Å². The second kappa shape index (κ2) is 3.53. The summed E-state index contributed by atoms with van der Waals surface area (Å²) < 4.78 is 5.63. The lowest BCUT2D eigenvalue weighted by molar-refractivity contribution is -0.369. The molecule has 80 valence electrons. The summed E-state index contributed by atoms with van der Waals surface area (Å²) in [5.74, 6) is 1.90. The van der Waals surface area contributed by atoms with E-state index in [9.17, 15) is 0 Å². The molecule has 0 fully saturated rings. The van der Waals surface area contributed by atoms with E-state index in [4.69, 9.17) is 4.74 Å². The predicted molar refractivity (Wildman–Crippen MR) is 59.1 cm³/mol. The average Bonchev–Trinajstić information content (AvgIpc) is 2.83. The Kier molecular flexibility index (Phi) is 2.17. The molecule has 15 heavy (non-hydrogen) atoms. The summed E-state index contributed by atoms with van der Waals surface area (Å²) in [7, 11) is 0. The molecule has 1 aromatic rings. The lowest BCUT2D eigenvalue weighted by Crippen LogP contribution is -2.50. The summed E-state index contributed by atoms with van der Waals surface area (Å²) in [6.07, 6.45) is 4.93. The first-order chi connectivity index (χ1) is 7.40. The lowest BCUT2D eigenvalue weighted by atomic mass is 9.92. The first kappa shape index (κ1) is 9.22. The normalized spacial score (nSPS) is 22.3. The Morgan fingerprint density at radius 1 is 1.33 bits per heavy atom. The van der Waals surface area contributed by atoms with E-state index < -0.39 is 0 Å². The molecule has 0 amide bonds. The molecule has 3 rings (SSSR count). The van der Waals surface area contributed by atoms with Crippen molar-refractivity contribution in [1.29, 1.82) is 0 Å². The molecule has 1 aromatic carbocycles. The van der Waals surface area contributed by atoms with Crippen LogP contribution in [0.15, 0.2) is 12.1 Å². The molecule has 0 unspecified atom stereocenters. The molecule has 0 radical (unpaired) electrons. The van der Waals surface area contributed by atoms with Gasteiger partial charge in [-0.15, -0.1) is 0 Å². The molecule has 0 saturated carbocycles. The van der Waals surface area contributed by atoms with Gasteiger partial charge in [-0.3, -0.25) is 0 Å². The quantitative estimate of drug-likeness (QED) is 0.774. The molecule has 2 nitrogen and oxygen atoms in total. The van der Waals surface area contributed by atoms with Gasteiger partial charge >= 0.3 is 0 Å². The SMILES string of the molecule is [NH3+]CC[C@@H]1CCc2ccc3c(c21)CCO3. The standard InChI is InChI=1S/C13H17NO/c14-7-5-10-2-1-9-3-4-12-11(13(9)10)6-8-15-12/h3-4,10H,1-2,5-8,14H2/p+1/t10-/m0/s1. The summed E-state index contributed by atoms with van der Waals surface area (Å²) >= 11 is 0. The van der Waals surface area contributed by atoms with E-state index in [1.165, 1.54) is 24.8 Å². The first-order valence-electron chi connectivity index (χ1n) is 5.97. The van der Waals surface area contributed by atoms with Crippen LogP contribution in [-0.2, 0) is 12.8 Å². The average molecular weight is 204 g/mol. The Hall–Kier alpha value is -1.02. The van der Waals surface area contributed by atoms with Gasteiger partial charge in [0.25, 0.3) is 0 Å². The number of benzene rings is 1. The number of rotatable bonds is 2. The molecule has 1 aliphatic heterocycles. The molecule has 2 heteroatoms. The molecule has 2 aliphatic rings. The van der Waals surface area contributed by atoms with Crippen LogP contribution < -0.4 is 10.5 Å². The monoisotopic (exact) mass is 204 g/mol. The molecule has 1 heterocycles. The highest BCUT2D eigenvalue weighted by Gasteiger charge is 2.28. The zero-order valence-electron chi connectivity index (χ0n) is 9.09. The number of quaternary nitrogens is 1. The topological polar surface area (TPSA) is 36.9 Å². The van der Waals surface area contributed by atoms with Crippen LogP contribution in [0.4, 0.5) is 0 Å². The fourth-order valence-electron chi connectivity index (χ4n) is 3.09. The largest absolute Gasteiger partial charge is 0.493 e. The van der Waals surface area contributed by atoms with Gasteiger partial charge in [0.2, 0.25) is 0 Å². The second-order valence-corrected chi connectivity index (χ2v) is 4.59. The van der Waals surface area contributed by atoms with Crippen LogP contribution in [0.1, 0.15) is 35.4 Å². The molecule has 1 aliphatic carbocycles. The lowest BCUT2D eigenvalue weighted by Gasteiger charge is -2.12. The van der Waals surface area contributed by atoms with Crippen LogP contribution >= 0.6 is 0 Å². The molecule has 0 spiro atoms. The van der Waals surface area contributed by atoms with E-state index in [1.807, 2.05) is 0 Å². The fourth-order valence-corrected chi connectivity index (χ4v) is 3.09. The van der Waals surface area contributed by atoms with Crippen LogP contribution in [0.5, 0.6) is 5.75 Å². The van der Waals surface area contributed by atoms with Gasteiger partial charge in [-0.25, -0.2) is 0 Å². The van der Waals surface area contributed by atoms with Gasteiger partial charge in [0.15, 0.2) is 0 Å². The highest BCUT2D eigenvalue weighted by molar-refractivity contribution is 5.51. The maximum absolute atomic E-state index is 5.63. The van der Waals surface area contributed by atoms with E-state index in [1.54, 1.807) is 11.1 Å². The van der Waals surface area contributed by atoms with Crippen LogP contribution in [0.3, 0.4) is 0 Å². The molecule has 0 aromatic heterocycles. The third-order valence-electron chi connectivity index (χ3n) is 3.74. The van der Waals surface area contributed by atoms with Crippen LogP contribution in [0.2, 0.25) is 0 Å². The van der Waals surface area contributed by atoms with Crippen molar-refractivity contribution in [3.63, 3.8) is 0 Å². The third-order valence-corrected chi connectivity index (χ3v) is 3.74. The molecular weight excluding hydrogens is 186 g/mol. The smallest absolute Gasteiger partial charge is 0.122 e. The number of ether oxygens (including phenoxy) is 1. The summed E-state index contributed by atoms with van der Waals surface area (Å²) in [5, 5.41) is 0. The summed E-state index contributed by atoms with van der Waals surface area (Å²) in [6, 6.07) is 4.43. The Balaban J connectivity index is 2.05. The third kappa shape index (κ3) is 1.36. The van der Waals surface area contributed by atoms with Crippen molar-refractivity contribution in [1.82, 2.24) is 0 Å². The Labute approximate surface area is 90.4 Å². The van der Waals surface area contributed by atoms with Gasteiger partial charge in [-0.2, -0.15) is 0 Å². The maximum Gasteiger partial charge on any atom is 0.122 e. The minimum atomic E-state index is 0.758. The minimum absolute atomic E-state index is 0.758. The van der Waals surface area contributed by atoms with E-state index >= 15 is 0 Å². The van der Waals surface area contributed by atoms with Gasteiger partial charge in [0, 0.05) is 18.4 Å². The number of aryl methyl sites for hydroxylation is 1. The fraction of sp³-hybridized carbons (Fsp3) is 0.538. The van der Waals surface area contributed by atoms with Crippen molar-refractivity contribution in [2.24, 2.45) is 0 Å². The predicted octanol–water partition coefficient (Wildman–Crippen LogP) is 1.28. The maximum atomic E-state index is 5.63. The molecule has 0 bridgehead atoms. The molecule has 3 N–H and O–H groups in total. The van der Waals surface area contributed by atoms with Gasteiger partial charge in [0.05, 0.1) is 13.2 Å². The van der Waals surface area contributed by atoms with Crippen molar-refractivity contribution >= 4 is 0 Å². The minimum Gasteiger partial charge on any atom is -0.493 e. The van der Waals surface area contributed by atoms with Crippen LogP contribution in [0, 0.1) is 0 Å². The van der Waals surface area contributed by atoms with Gasteiger partial charge in [-0.05, 0) is 36.0 Å². The Morgan fingerprint density at radius 2 is 2.27 bits per heavy atom. The van der Waals surface area contributed by atoms with Crippen molar-refractivity contribution in [3.8, 4) is 5.75 Å².